The number of allylic oxidation sites excluding steroid dienone is 2. The van der Waals surface area contributed by atoms with Gasteiger partial charge in [-0.1, -0.05) is 43.0 Å². The van der Waals surface area contributed by atoms with E-state index in [1.165, 1.54) is 17.7 Å². The maximum Gasteiger partial charge on any atom is 0.123 e. The number of rotatable bonds is 7. The van der Waals surface area contributed by atoms with Gasteiger partial charge >= 0.3 is 0 Å². The minimum Gasteiger partial charge on any atom is -0.489 e. The van der Waals surface area contributed by atoms with Gasteiger partial charge in [0, 0.05) is 5.71 Å². The molecule has 0 aromatic heterocycles. The molecule has 3 heteroatoms. The molecule has 0 bridgehead atoms. The lowest BCUT2D eigenvalue weighted by Gasteiger charge is -2.11. The number of benzene rings is 2. The summed E-state index contributed by atoms with van der Waals surface area (Å²) in [5, 5.41) is 0. The van der Waals surface area contributed by atoms with Crippen LogP contribution in [0.15, 0.2) is 83.9 Å². The first kappa shape index (κ1) is 19.4. The third kappa shape index (κ3) is 5.28. The highest BCUT2D eigenvalue weighted by Crippen LogP contribution is 2.19. The van der Waals surface area contributed by atoms with Crippen LogP contribution in [0.3, 0.4) is 0 Å². The second-order valence-corrected chi connectivity index (χ2v) is 6.15. The molecular formula is C23H24FNO. The topological polar surface area (TPSA) is 21.6 Å². The fraction of sp³-hybridized carbons (Fsp3) is 0.174. The summed E-state index contributed by atoms with van der Waals surface area (Å²) < 4.78 is 18.7. The monoisotopic (exact) mass is 349 g/mol. The van der Waals surface area contributed by atoms with Crippen LogP contribution < -0.4 is 4.74 Å². The summed E-state index contributed by atoms with van der Waals surface area (Å²) in [6, 6.07) is 14.1. The zero-order valence-electron chi connectivity index (χ0n) is 15.6. The maximum atomic E-state index is 13.0. The molecule has 26 heavy (non-hydrogen) atoms. The lowest BCUT2D eigenvalue weighted by molar-refractivity contribution is 0.351. The highest BCUT2D eigenvalue weighted by atomic mass is 19.1. The van der Waals surface area contributed by atoms with Crippen LogP contribution in [0.4, 0.5) is 4.39 Å². The van der Waals surface area contributed by atoms with Crippen molar-refractivity contribution in [2.75, 3.05) is 6.61 Å². The summed E-state index contributed by atoms with van der Waals surface area (Å²) in [5.74, 6) is 0.335. The van der Waals surface area contributed by atoms with Crippen molar-refractivity contribution >= 4 is 11.4 Å². The van der Waals surface area contributed by atoms with Gasteiger partial charge in [-0.25, -0.2) is 4.39 Å². The summed E-state index contributed by atoms with van der Waals surface area (Å²) >= 11 is 0. The van der Waals surface area contributed by atoms with Gasteiger partial charge in [-0.05, 0) is 67.8 Å². The molecule has 2 aromatic rings. The molecule has 0 N–H and O–H groups in total. The zero-order valence-corrected chi connectivity index (χ0v) is 15.6. The summed E-state index contributed by atoms with van der Waals surface area (Å²) in [7, 11) is 0. The van der Waals surface area contributed by atoms with Crippen LogP contribution in [0.5, 0.6) is 5.75 Å². The molecule has 0 spiro atoms. The Morgan fingerprint density at radius 1 is 1.15 bits per heavy atom. The molecule has 0 aliphatic heterocycles. The largest absolute Gasteiger partial charge is 0.489 e. The SMILES string of the molecule is C=C/C(C(C)=NC(=C)c1cccc(C)c1)=C(\C)COc1ccc(F)cc1. The van der Waals surface area contributed by atoms with E-state index in [1.807, 2.05) is 39.0 Å². The van der Waals surface area contributed by atoms with Crippen LogP contribution in [0, 0.1) is 12.7 Å². The standard InChI is InChI=1S/C23H24FNO/c1-6-23(17(3)15-26-22-12-10-21(24)11-13-22)19(5)25-18(4)20-9-7-8-16(2)14-20/h6-14H,1,4,15H2,2-3,5H3/b23-17-,25-19?. The molecule has 0 radical (unpaired) electrons. The van der Waals surface area contributed by atoms with Crippen molar-refractivity contribution in [2.24, 2.45) is 4.99 Å². The Hall–Kier alpha value is -2.94. The van der Waals surface area contributed by atoms with Crippen LogP contribution >= 0.6 is 0 Å². The zero-order chi connectivity index (χ0) is 19.1. The van der Waals surface area contributed by atoms with Gasteiger partial charge in [0.2, 0.25) is 0 Å². The minimum atomic E-state index is -0.283. The van der Waals surface area contributed by atoms with Gasteiger partial charge in [0.25, 0.3) is 0 Å². The van der Waals surface area contributed by atoms with Crippen molar-refractivity contribution in [1.82, 2.24) is 0 Å². The van der Waals surface area contributed by atoms with Crippen LogP contribution in [0.25, 0.3) is 5.70 Å². The summed E-state index contributed by atoms with van der Waals surface area (Å²) in [5.41, 5.74) is 5.60. The highest BCUT2D eigenvalue weighted by Gasteiger charge is 2.06. The van der Waals surface area contributed by atoms with E-state index in [2.05, 4.69) is 24.2 Å². The fourth-order valence-electron chi connectivity index (χ4n) is 2.58. The third-order valence-corrected chi connectivity index (χ3v) is 3.98. The molecular weight excluding hydrogens is 325 g/mol. The van der Waals surface area contributed by atoms with Gasteiger partial charge in [0.15, 0.2) is 0 Å². The Labute approximate surface area is 155 Å². The van der Waals surface area contributed by atoms with E-state index in [0.29, 0.717) is 18.1 Å². The first-order chi connectivity index (χ1) is 12.4. The van der Waals surface area contributed by atoms with Gasteiger partial charge < -0.3 is 4.74 Å². The molecule has 0 unspecified atom stereocenters. The summed E-state index contributed by atoms with van der Waals surface area (Å²) in [6.45, 7) is 14.3. The first-order valence-corrected chi connectivity index (χ1v) is 8.43. The number of hydrogen-bond donors (Lipinski definition) is 0. The van der Waals surface area contributed by atoms with Crippen LogP contribution in [0.2, 0.25) is 0 Å². The second-order valence-electron chi connectivity index (χ2n) is 6.15. The van der Waals surface area contributed by atoms with Gasteiger partial charge in [0.1, 0.15) is 18.2 Å². The second kappa shape index (κ2) is 8.95. The lowest BCUT2D eigenvalue weighted by Crippen LogP contribution is -2.06. The third-order valence-electron chi connectivity index (χ3n) is 3.98. The Balaban J connectivity index is 2.15. The molecule has 0 atom stereocenters. The Morgan fingerprint density at radius 3 is 2.46 bits per heavy atom. The number of aliphatic imine (C=N–C) groups is 1. The Bertz CT molecular complexity index is 860. The van der Waals surface area contributed by atoms with Gasteiger partial charge in [-0.3, -0.25) is 4.99 Å². The molecule has 2 nitrogen and oxygen atoms in total. The van der Waals surface area contributed by atoms with E-state index in [-0.39, 0.29) is 5.82 Å². The van der Waals surface area contributed by atoms with Crippen molar-refractivity contribution in [1.29, 1.82) is 0 Å². The number of nitrogens with zero attached hydrogens (tertiary/aromatic N) is 1. The van der Waals surface area contributed by atoms with E-state index < -0.39 is 0 Å². The average Bonchev–Trinajstić information content (AvgIpc) is 2.61. The van der Waals surface area contributed by atoms with Crippen molar-refractivity contribution in [2.45, 2.75) is 20.8 Å². The van der Waals surface area contributed by atoms with Crippen molar-refractivity contribution in [3.05, 3.63) is 95.9 Å². The van der Waals surface area contributed by atoms with Crippen molar-refractivity contribution in [3.63, 3.8) is 0 Å². The van der Waals surface area contributed by atoms with E-state index >= 15 is 0 Å². The molecule has 0 amide bonds. The predicted octanol–water partition coefficient (Wildman–Crippen LogP) is 6.15. The maximum absolute atomic E-state index is 13.0. The molecule has 0 aliphatic rings. The normalized spacial score (nSPS) is 12.4. The van der Waals surface area contributed by atoms with Crippen LogP contribution in [0.1, 0.15) is 25.0 Å². The molecule has 0 saturated heterocycles. The molecule has 0 aliphatic carbocycles. The van der Waals surface area contributed by atoms with Crippen molar-refractivity contribution in [3.8, 4) is 5.75 Å². The number of ether oxygens (including phenoxy) is 1. The molecule has 0 fully saturated rings. The smallest absolute Gasteiger partial charge is 0.123 e. The molecule has 134 valence electrons. The van der Waals surface area contributed by atoms with E-state index in [4.69, 9.17) is 4.74 Å². The Morgan fingerprint density at radius 2 is 1.85 bits per heavy atom. The summed E-state index contributed by atoms with van der Waals surface area (Å²) in [4.78, 5) is 4.64. The van der Waals surface area contributed by atoms with Crippen LogP contribution in [-0.2, 0) is 0 Å². The van der Waals surface area contributed by atoms with E-state index in [0.717, 1.165) is 22.4 Å². The molecule has 2 rings (SSSR count). The highest BCUT2D eigenvalue weighted by molar-refractivity contribution is 6.03. The Kier molecular flexibility index (Phi) is 6.67. The number of hydrogen-bond acceptors (Lipinski definition) is 2. The molecule has 2 aromatic carbocycles. The van der Waals surface area contributed by atoms with Gasteiger partial charge in [-0.2, -0.15) is 0 Å². The van der Waals surface area contributed by atoms with Crippen LogP contribution in [-0.4, -0.2) is 12.3 Å². The van der Waals surface area contributed by atoms with Gasteiger partial charge in [-0.15, -0.1) is 0 Å². The van der Waals surface area contributed by atoms with E-state index in [1.54, 1.807) is 18.2 Å². The lowest BCUT2D eigenvalue weighted by atomic mass is 10.1. The molecule has 0 saturated carbocycles. The van der Waals surface area contributed by atoms with Crippen molar-refractivity contribution < 1.29 is 9.13 Å². The number of halogens is 1. The fourth-order valence-corrected chi connectivity index (χ4v) is 2.58. The molecule has 0 heterocycles. The number of aryl methyl sites for hydroxylation is 1. The summed E-state index contributed by atoms with van der Waals surface area (Å²) in [6.07, 6.45) is 1.77. The first-order valence-electron chi connectivity index (χ1n) is 8.43. The van der Waals surface area contributed by atoms with Gasteiger partial charge in [0.05, 0.1) is 5.70 Å². The predicted molar refractivity (Wildman–Crippen MR) is 108 cm³/mol. The van der Waals surface area contributed by atoms with E-state index in [9.17, 15) is 4.39 Å². The quantitative estimate of drug-likeness (QED) is 0.434. The minimum absolute atomic E-state index is 0.283. The average molecular weight is 349 g/mol.